The van der Waals surface area contributed by atoms with Crippen LogP contribution in [-0.4, -0.2) is 12.5 Å². The van der Waals surface area contributed by atoms with E-state index in [1.165, 1.54) is 0 Å². The van der Waals surface area contributed by atoms with Crippen molar-refractivity contribution in [2.24, 2.45) is 0 Å². The highest BCUT2D eigenvalue weighted by atomic mass is 35.5. The predicted molar refractivity (Wildman–Crippen MR) is 91.0 cm³/mol. The molecule has 0 heterocycles. The molecule has 0 saturated carbocycles. The highest BCUT2D eigenvalue weighted by Gasteiger charge is 2.11. The standard InChI is InChI=1S/C18H20ClNO2/c1-11-8-13(3)18(15(19)9-11)20-17(21)10-22-16-7-5-6-12(2)14(16)4/h5-9H,10H2,1-4H3,(H,20,21). The van der Waals surface area contributed by atoms with E-state index in [2.05, 4.69) is 5.32 Å². The van der Waals surface area contributed by atoms with Crippen LogP contribution >= 0.6 is 11.6 Å². The van der Waals surface area contributed by atoms with E-state index in [1.54, 1.807) is 0 Å². The zero-order valence-electron chi connectivity index (χ0n) is 13.3. The summed E-state index contributed by atoms with van der Waals surface area (Å²) in [5.41, 5.74) is 4.81. The lowest BCUT2D eigenvalue weighted by molar-refractivity contribution is -0.118. The summed E-state index contributed by atoms with van der Waals surface area (Å²) in [6.07, 6.45) is 0. The number of hydrogen-bond donors (Lipinski definition) is 1. The fourth-order valence-corrected chi connectivity index (χ4v) is 2.64. The molecule has 0 atom stereocenters. The SMILES string of the molecule is Cc1cc(C)c(NC(=O)COc2cccc(C)c2C)c(Cl)c1. The lowest BCUT2D eigenvalue weighted by Gasteiger charge is -2.13. The van der Waals surface area contributed by atoms with E-state index in [4.69, 9.17) is 16.3 Å². The van der Waals surface area contributed by atoms with Crippen molar-refractivity contribution < 1.29 is 9.53 Å². The molecule has 0 fully saturated rings. The van der Waals surface area contributed by atoms with Gasteiger partial charge in [-0.1, -0.05) is 29.8 Å². The van der Waals surface area contributed by atoms with Crippen LogP contribution in [0, 0.1) is 27.7 Å². The first kappa shape index (κ1) is 16.4. The van der Waals surface area contributed by atoms with Crippen molar-refractivity contribution in [2.45, 2.75) is 27.7 Å². The molecule has 0 radical (unpaired) electrons. The number of nitrogens with one attached hydrogen (secondary N) is 1. The maximum Gasteiger partial charge on any atom is 0.262 e. The number of rotatable bonds is 4. The number of amides is 1. The summed E-state index contributed by atoms with van der Waals surface area (Å²) in [6, 6.07) is 9.59. The molecule has 3 nitrogen and oxygen atoms in total. The van der Waals surface area contributed by atoms with E-state index < -0.39 is 0 Å². The van der Waals surface area contributed by atoms with Gasteiger partial charge in [-0.2, -0.15) is 0 Å². The van der Waals surface area contributed by atoms with E-state index in [1.807, 2.05) is 58.0 Å². The fraction of sp³-hybridized carbons (Fsp3) is 0.278. The number of hydrogen-bond acceptors (Lipinski definition) is 2. The molecule has 2 aromatic rings. The molecule has 0 unspecified atom stereocenters. The Hall–Kier alpha value is -2.00. The topological polar surface area (TPSA) is 38.3 Å². The molecule has 0 bridgehead atoms. The molecule has 0 aliphatic heterocycles. The van der Waals surface area contributed by atoms with E-state index in [0.29, 0.717) is 10.7 Å². The molecule has 22 heavy (non-hydrogen) atoms. The number of aryl methyl sites for hydroxylation is 3. The van der Waals surface area contributed by atoms with Crippen molar-refractivity contribution in [3.05, 3.63) is 57.6 Å². The summed E-state index contributed by atoms with van der Waals surface area (Å²) in [7, 11) is 0. The number of anilines is 1. The second kappa shape index (κ2) is 6.84. The molecule has 2 rings (SSSR count). The van der Waals surface area contributed by atoms with Crippen LogP contribution in [0.25, 0.3) is 0 Å². The Morgan fingerprint density at radius 2 is 1.86 bits per heavy atom. The minimum absolute atomic E-state index is 0.0477. The van der Waals surface area contributed by atoms with Gasteiger partial charge in [-0.05, 0) is 62.1 Å². The lowest BCUT2D eigenvalue weighted by Crippen LogP contribution is -2.21. The summed E-state index contributed by atoms with van der Waals surface area (Å²) >= 11 is 6.19. The molecule has 0 spiro atoms. The second-order valence-corrected chi connectivity index (χ2v) is 5.88. The zero-order valence-corrected chi connectivity index (χ0v) is 14.0. The number of carbonyl (C=O) groups excluding carboxylic acids is 1. The van der Waals surface area contributed by atoms with Gasteiger partial charge in [-0.3, -0.25) is 4.79 Å². The second-order valence-electron chi connectivity index (χ2n) is 5.47. The van der Waals surface area contributed by atoms with Gasteiger partial charge in [0, 0.05) is 0 Å². The average Bonchev–Trinajstić information content (AvgIpc) is 2.44. The Kier molecular flexibility index (Phi) is 5.09. The largest absolute Gasteiger partial charge is 0.483 e. The Morgan fingerprint density at radius 1 is 1.14 bits per heavy atom. The number of ether oxygens (including phenoxy) is 1. The van der Waals surface area contributed by atoms with Crippen molar-refractivity contribution in [3.63, 3.8) is 0 Å². The van der Waals surface area contributed by atoms with Crippen LogP contribution in [0.3, 0.4) is 0 Å². The molecule has 0 aliphatic rings. The molecular formula is C18H20ClNO2. The Morgan fingerprint density at radius 3 is 2.55 bits per heavy atom. The van der Waals surface area contributed by atoms with E-state index >= 15 is 0 Å². The number of halogens is 1. The Bertz CT molecular complexity index is 687. The minimum Gasteiger partial charge on any atom is -0.483 e. The van der Waals surface area contributed by atoms with Crippen molar-refractivity contribution in [1.82, 2.24) is 0 Å². The molecule has 1 amide bonds. The average molecular weight is 318 g/mol. The third kappa shape index (κ3) is 3.80. The van der Waals surface area contributed by atoms with Crippen molar-refractivity contribution in [2.75, 3.05) is 11.9 Å². The summed E-state index contributed by atoms with van der Waals surface area (Å²) in [6.45, 7) is 7.82. The minimum atomic E-state index is -0.227. The smallest absolute Gasteiger partial charge is 0.262 e. The summed E-state index contributed by atoms with van der Waals surface area (Å²) in [5.74, 6) is 0.497. The van der Waals surface area contributed by atoms with Crippen molar-refractivity contribution >= 4 is 23.2 Å². The molecule has 1 N–H and O–H groups in total. The van der Waals surface area contributed by atoms with Crippen LogP contribution in [0.4, 0.5) is 5.69 Å². The first-order valence-electron chi connectivity index (χ1n) is 7.14. The van der Waals surface area contributed by atoms with Crippen LogP contribution in [0.2, 0.25) is 5.02 Å². The van der Waals surface area contributed by atoms with Gasteiger partial charge >= 0.3 is 0 Å². The Labute approximate surface area is 136 Å². The quantitative estimate of drug-likeness (QED) is 0.895. The molecule has 116 valence electrons. The van der Waals surface area contributed by atoms with Gasteiger partial charge < -0.3 is 10.1 Å². The van der Waals surface area contributed by atoms with Crippen LogP contribution in [0.5, 0.6) is 5.75 Å². The van der Waals surface area contributed by atoms with Gasteiger partial charge in [0.1, 0.15) is 5.75 Å². The third-order valence-corrected chi connectivity index (χ3v) is 3.91. The molecule has 0 aliphatic carbocycles. The molecule has 0 aromatic heterocycles. The number of carbonyl (C=O) groups is 1. The number of benzene rings is 2. The van der Waals surface area contributed by atoms with Gasteiger partial charge in [0.2, 0.25) is 0 Å². The predicted octanol–water partition coefficient (Wildman–Crippen LogP) is 4.59. The summed E-state index contributed by atoms with van der Waals surface area (Å²) in [5, 5.41) is 3.35. The normalized spacial score (nSPS) is 10.4. The molecular weight excluding hydrogens is 298 g/mol. The van der Waals surface area contributed by atoms with Gasteiger partial charge in [0.15, 0.2) is 6.61 Å². The lowest BCUT2D eigenvalue weighted by atomic mass is 10.1. The van der Waals surface area contributed by atoms with Crippen LogP contribution in [-0.2, 0) is 4.79 Å². The first-order valence-corrected chi connectivity index (χ1v) is 7.52. The van der Waals surface area contributed by atoms with Crippen molar-refractivity contribution in [3.8, 4) is 5.75 Å². The third-order valence-electron chi connectivity index (χ3n) is 3.61. The molecule has 0 saturated heterocycles. The summed E-state index contributed by atoms with van der Waals surface area (Å²) in [4.78, 5) is 12.1. The monoisotopic (exact) mass is 317 g/mol. The molecule has 2 aromatic carbocycles. The van der Waals surface area contributed by atoms with Gasteiger partial charge in [0.25, 0.3) is 5.91 Å². The van der Waals surface area contributed by atoms with E-state index in [0.717, 1.165) is 28.0 Å². The van der Waals surface area contributed by atoms with Crippen LogP contribution in [0.15, 0.2) is 30.3 Å². The van der Waals surface area contributed by atoms with Crippen LogP contribution < -0.4 is 10.1 Å². The van der Waals surface area contributed by atoms with Crippen molar-refractivity contribution in [1.29, 1.82) is 0 Å². The highest BCUT2D eigenvalue weighted by Crippen LogP contribution is 2.27. The maximum atomic E-state index is 12.1. The highest BCUT2D eigenvalue weighted by molar-refractivity contribution is 6.34. The first-order chi connectivity index (χ1) is 10.4. The van der Waals surface area contributed by atoms with E-state index in [9.17, 15) is 4.79 Å². The fourth-order valence-electron chi connectivity index (χ4n) is 2.27. The summed E-state index contributed by atoms with van der Waals surface area (Å²) < 4.78 is 5.60. The maximum absolute atomic E-state index is 12.1. The van der Waals surface area contributed by atoms with Gasteiger partial charge in [-0.15, -0.1) is 0 Å². The van der Waals surface area contributed by atoms with Gasteiger partial charge in [-0.25, -0.2) is 0 Å². The van der Waals surface area contributed by atoms with Crippen LogP contribution in [0.1, 0.15) is 22.3 Å². The van der Waals surface area contributed by atoms with Gasteiger partial charge in [0.05, 0.1) is 10.7 Å². The van der Waals surface area contributed by atoms with E-state index in [-0.39, 0.29) is 12.5 Å². The zero-order chi connectivity index (χ0) is 16.3. The Balaban J connectivity index is 2.04. The molecule has 4 heteroatoms.